The van der Waals surface area contributed by atoms with Crippen molar-refractivity contribution in [3.8, 4) is 22.8 Å². The van der Waals surface area contributed by atoms with Crippen molar-refractivity contribution in [1.29, 1.82) is 0 Å². The number of anilines is 1. The lowest BCUT2D eigenvalue weighted by molar-refractivity contribution is -0.137. The minimum atomic E-state index is -4.50. The Hall–Kier alpha value is -4.14. The van der Waals surface area contributed by atoms with Crippen LogP contribution in [0.2, 0.25) is 0 Å². The molecule has 0 spiro atoms. The number of carbonyl (C=O) groups excluding carboxylic acids is 1. The van der Waals surface area contributed by atoms with E-state index in [0.717, 1.165) is 17.7 Å². The fraction of sp³-hybridized carbons (Fsp3) is 0.160. The first-order valence-electron chi connectivity index (χ1n) is 10.5. The summed E-state index contributed by atoms with van der Waals surface area (Å²) in [6.07, 6.45) is -3.88. The first kappa shape index (κ1) is 23.0. The number of amides is 1. The van der Waals surface area contributed by atoms with E-state index < -0.39 is 17.6 Å². The van der Waals surface area contributed by atoms with Crippen LogP contribution in [-0.4, -0.2) is 27.8 Å². The van der Waals surface area contributed by atoms with Crippen LogP contribution in [0.5, 0.6) is 5.75 Å². The highest BCUT2D eigenvalue weighted by Gasteiger charge is 2.30. The van der Waals surface area contributed by atoms with Crippen LogP contribution >= 0.6 is 0 Å². The van der Waals surface area contributed by atoms with Gasteiger partial charge in [0.25, 0.3) is 5.91 Å². The van der Waals surface area contributed by atoms with Gasteiger partial charge in [0, 0.05) is 23.2 Å². The molecule has 0 fully saturated rings. The quantitative estimate of drug-likeness (QED) is 0.391. The monoisotopic (exact) mass is 466 g/mol. The van der Waals surface area contributed by atoms with Gasteiger partial charge in [0.05, 0.1) is 18.4 Å². The summed E-state index contributed by atoms with van der Waals surface area (Å²) in [4.78, 5) is 17.4. The maximum Gasteiger partial charge on any atom is 0.416 e. The molecule has 4 aromatic rings. The predicted octanol–water partition coefficient (Wildman–Crippen LogP) is 5.78. The molecule has 4 rings (SSSR count). The normalized spacial score (nSPS) is 11.3. The molecule has 9 heteroatoms. The van der Waals surface area contributed by atoms with Gasteiger partial charge in [-0.1, -0.05) is 19.1 Å². The van der Waals surface area contributed by atoms with Gasteiger partial charge in [0.1, 0.15) is 5.75 Å². The lowest BCUT2D eigenvalue weighted by atomic mass is 10.1. The highest BCUT2D eigenvalue weighted by atomic mass is 19.4. The zero-order valence-corrected chi connectivity index (χ0v) is 18.4. The summed E-state index contributed by atoms with van der Waals surface area (Å²) in [5, 5.41) is 7.09. The molecule has 0 aliphatic rings. The van der Waals surface area contributed by atoms with Gasteiger partial charge in [0.2, 0.25) is 0 Å². The van der Waals surface area contributed by atoms with E-state index in [4.69, 9.17) is 4.74 Å². The number of hydrogen-bond acceptors (Lipinski definition) is 4. The highest BCUT2D eigenvalue weighted by molar-refractivity contribution is 6.04. The summed E-state index contributed by atoms with van der Waals surface area (Å²) in [5.41, 5.74) is 0.891. The summed E-state index contributed by atoms with van der Waals surface area (Å²) >= 11 is 0. The number of carbonyl (C=O) groups is 1. The molecular weight excluding hydrogens is 445 g/mol. The molecule has 0 aliphatic heterocycles. The van der Waals surface area contributed by atoms with Crippen LogP contribution in [0, 0.1) is 0 Å². The number of rotatable bonds is 6. The first-order chi connectivity index (χ1) is 16.3. The maximum absolute atomic E-state index is 13.0. The number of ether oxygens (including phenoxy) is 1. The number of nitrogens with zero attached hydrogens (tertiary/aromatic N) is 3. The average Bonchev–Trinajstić information content (AvgIpc) is 3.28. The summed E-state index contributed by atoms with van der Waals surface area (Å²) in [5.74, 6) is 1.39. The fourth-order valence-corrected chi connectivity index (χ4v) is 3.37. The van der Waals surface area contributed by atoms with Crippen molar-refractivity contribution in [2.75, 3.05) is 12.4 Å². The lowest BCUT2D eigenvalue weighted by Crippen LogP contribution is -2.14. The SMILES string of the molecule is CCc1nc(-c2ccc(OC)cc2)n(-c2cccc(C(=O)Nc3cccc(C(F)(F)F)c3)c2)n1. The van der Waals surface area contributed by atoms with Gasteiger partial charge in [0.15, 0.2) is 11.6 Å². The van der Waals surface area contributed by atoms with Crippen molar-refractivity contribution in [1.82, 2.24) is 14.8 Å². The zero-order chi connectivity index (χ0) is 24.3. The number of hydrogen-bond donors (Lipinski definition) is 1. The summed E-state index contributed by atoms with van der Waals surface area (Å²) < 4.78 is 45.8. The Morgan fingerprint density at radius 2 is 1.76 bits per heavy atom. The number of alkyl halides is 3. The molecule has 34 heavy (non-hydrogen) atoms. The van der Waals surface area contributed by atoms with Crippen LogP contribution in [0.4, 0.5) is 18.9 Å². The Bertz CT molecular complexity index is 1310. The van der Waals surface area contributed by atoms with E-state index in [2.05, 4.69) is 15.4 Å². The van der Waals surface area contributed by atoms with E-state index in [1.54, 1.807) is 36.1 Å². The van der Waals surface area contributed by atoms with Crippen molar-refractivity contribution < 1.29 is 22.7 Å². The largest absolute Gasteiger partial charge is 0.497 e. The number of halogens is 3. The Morgan fingerprint density at radius 1 is 1.03 bits per heavy atom. The molecule has 1 amide bonds. The number of aryl methyl sites for hydroxylation is 1. The molecule has 0 radical (unpaired) electrons. The van der Waals surface area contributed by atoms with Crippen LogP contribution in [0.25, 0.3) is 17.1 Å². The number of aromatic nitrogens is 3. The van der Waals surface area contributed by atoms with Crippen LogP contribution < -0.4 is 10.1 Å². The third kappa shape index (κ3) is 4.93. The van der Waals surface area contributed by atoms with Crippen molar-refractivity contribution in [2.24, 2.45) is 0 Å². The molecular formula is C25H21F3N4O2. The zero-order valence-electron chi connectivity index (χ0n) is 18.4. The maximum atomic E-state index is 13.0. The summed E-state index contributed by atoms with van der Waals surface area (Å²) in [6.45, 7) is 1.94. The molecule has 1 N–H and O–H groups in total. The van der Waals surface area contributed by atoms with Gasteiger partial charge in [-0.3, -0.25) is 4.79 Å². The van der Waals surface area contributed by atoms with Gasteiger partial charge in [-0.2, -0.15) is 18.3 Å². The molecule has 0 unspecified atom stereocenters. The smallest absolute Gasteiger partial charge is 0.416 e. The Kier molecular flexibility index (Phi) is 6.36. The third-order valence-corrected chi connectivity index (χ3v) is 5.12. The topological polar surface area (TPSA) is 69.0 Å². The van der Waals surface area contributed by atoms with Crippen LogP contribution in [0.3, 0.4) is 0 Å². The standard InChI is InChI=1S/C25H21F3N4O2/c1-3-22-30-23(16-10-12-21(34-2)13-11-16)32(31-22)20-9-4-6-17(14-20)24(33)29-19-8-5-7-18(15-19)25(26,27)28/h4-15H,3H2,1-2H3,(H,29,33). The molecule has 0 saturated carbocycles. The van der Waals surface area contributed by atoms with Crippen molar-refractivity contribution >= 4 is 11.6 Å². The molecule has 1 aromatic heterocycles. The fourth-order valence-electron chi connectivity index (χ4n) is 3.37. The van der Waals surface area contributed by atoms with E-state index in [9.17, 15) is 18.0 Å². The minimum Gasteiger partial charge on any atom is -0.497 e. The van der Waals surface area contributed by atoms with Crippen molar-refractivity contribution in [2.45, 2.75) is 19.5 Å². The van der Waals surface area contributed by atoms with E-state index >= 15 is 0 Å². The number of benzene rings is 3. The molecule has 174 valence electrons. The van der Waals surface area contributed by atoms with Gasteiger partial charge >= 0.3 is 6.18 Å². The Morgan fingerprint density at radius 3 is 2.44 bits per heavy atom. The van der Waals surface area contributed by atoms with E-state index in [1.165, 1.54) is 12.1 Å². The van der Waals surface area contributed by atoms with Gasteiger partial charge in [-0.25, -0.2) is 9.67 Å². The van der Waals surface area contributed by atoms with E-state index in [-0.39, 0.29) is 11.3 Å². The second-order valence-corrected chi connectivity index (χ2v) is 7.43. The van der Waals surface area contributed by atoms with Gasteiger partial charge in [-0.05, 0) is 60.7 Å². The van der Waals surface area contributed by atoms with Crippen LogP contribution in [-0.2, 0) is 12.6 Å². The van der Waals surface area contributed by atoms with Crippen molar-refractivity contribution in [3.63, 3.8) is 0 Å². The van der Waals surface area contributed by atoms with E-state index in [1.807, 2.05) is 31.2 Å². The number of methoxy groups -OCH3 is 1. The summed E-state index contributed by atoms with van der Waals surface area (Å²) in [6, 6.07) is 18.5. The first-order valence-corrected chi connectivity index (χ1v) is 10.5. The average molecular weight is 466 g/mol. The third-order valence-electron chi connectivity index (χ3n) is 5.12. The second-order valence-electron chi connectivity index (χ2n) is 7.43. The molecule has 1 heterocycles. The molecule has 0 bridgehead atoms. The molecule has 0 atom stereocenters. The predicted molar refractivity (Wildman–Crippen MR) is 122 cm³/mol. The van der Waals surface area contributed by atoms with Crippen LogP contribution in [0.15, 0.2) is 72.8 Å². The van der Waals surface area contributed by atoms with Gasteiger partial charge < -0.3 is 10.1 Å². The summed E-state index contributed by atoms with van der Waals surface area (Å²) in [7, 11) is 1.59. The molecule has 3 aromatic carbocycles. The minimum absolute atomic E-state index is 0.0539. The Labute approximate surface area is 194 Å². The van der Waals surface area contributed by atoms with E-state index in [0.29, 0.717) is 29.5 Å². The Balaban J connectivity index is 1.65. The van der Waals surface area contributed by atoms with Crippen molar-refractivity contribution in [3.05, 3.63) is 89.7 Å². The lowest BCUT2D eigenvalue weighted by Gasteiger charge is -2.11. The van der Waals surface area contributed by atoms with Crippen LogP contribution in [0.1, 0.15) is 28.7 Å². The van der Waals surface area contributed by atoms with Gasteiger partial charge in [-0.15, -0.1) is 0 Å². The molecule has 0 saturated heterocycles. The number of nitrogens with one attached hydrogen (secondary N) is 1. The molecule has 0 aliphatic carbocycles. The highest BCUT2D eigenvalue weighted by Crippen LogP contribution is 2.31. The second kappa shape index (κ2) is 9.38. The molecule has 6 nitrogen and oxygen atoms in total.